The highest BCUT2D eigenvalue weighted by atomic mass is 32.3. The first-order valence-electron chi connectivity index (χ1n) is 9.18. The second kappa shape index (κ2) is 8.31. The lowest BCUT2D eigenvalue weighted by Gasteiger charge is -2.51. The Morgan fingerprint density at radius 2 is 1.65 bits per heavy atom. The van der Waals surface area contributed by atoms with Gasteiger partial charge in [-0.05, 0) is 50.3 Å². The lowest BCUT2D eigenvalue weighted by Crippen LogP contribution is -2.39. The molecule has 1 heterocycles. The summed E-state index contributed by atoms with van der Waals surface area (Å²) in [6.07, 6.45) is 1.45. The molecule has 26 heavy (non-hydrogen) atoms. The first kappa shape index (κ1) is 19.0. The lowest BCUT2D eigenvalue weighted by molar-refractivity contribution is 0.221. The molecule has 0 aliphatic carbocycles. The summed E-state index contributed by atoms with van der Waals surface area (Å²) in [6.45, 7) is 7.20. The number of hydrogen-bond donors (Lipinski definition) is 2. The van der Waals surface area contributed by atoms with E-state index in [4.69, 9.17) is 4.74 Å². The molecular weight excluding hydrogens is 348 g/mol. The van der Waals surface area contributed by atoms with Crippen molar-refractivity contribution in [3.05, 3.63) is 54.6 Å². The van der Waals surface area contributed by atoms with E-state index < -0.39 is 16.2 Å². The molecule has 1 unspecified atom stereocenters. The lowest BCUT2D eigenvalue weighted by atomic mass is 10.2. The van der Waals surface area contributed by atoms with E-state index in [9.17, 15) is 9.11 Å². The van der Waals surface area contributed by atoms with E-state index >= 15 is 0 Å². The molecule has 1 atom stereocenters. The summed E-state index contributed by atoms with van der Waals surface area (Å²) in [5.74, 6) is 0.690. The Hall–Kier alpha value is -1.73. The third kappa shape index (κ3) is 3.83. The van der Waals surface area contributed by atoms with E-state index in [1.165, 1.54) is 0 Å². The molecule has 0 aromatic heterocycles. The molecule has 0 radical (unpaired) electrons. The Morgan fingerprint density at radius 1 is 1.00 bits per heavy atom. The molecule has 0 saturated heterocycles. The van der Waals surface area contributed by atoms with Crippen LogP contribution in [0.2, 0.25) is 0 Å². The number of nitrogens with zero attached hydrogens (tertiary/aromatic N) is 2. The average Bonchev–Trinajstić information content (AvgIpc) is 2.66. The van der Waals surface area contributed by atoms with Gasteiger partial charge in [0.2, 0.25) is 5.44 Å². The van der Waals surface area contributed by atoms with Crippen molar-refractivity contribution in [1.82, 2.24) is 4.90 Å². The van der Waals surface area contributed by atoms with Crippen LogP contribution in [0.5, 0.6) is 5.75 Å². The van der Waals surface area contributed by atoms with Gasteiger partial charge in [-0.25, -0.2) is 4.31 Å². The van der Waals surface area contributed by atoms with Crippen LogP contribution in [0, 0.1) is 0 Å². The van der Waals surface area contributed by atoms with Gasteiger partial charge in [0.1, 0.15) is 11.4 Å². The van der Waals surface area contributed by atoms with Crippen LogP contribution < -0.4 is 9.04 Å². The topological polar surface area (TPSA) is 56.2 Å². The fourth-order valence-corrected chi connectivity index (χ4v) is 5.11. The summed E-state index contributed by atoms with van der Waals surface area (Å²) in [5, 5.41) is 0. The second-order valence-corrected chi connectivity index (χ2v) is 8.39. The minimum absolute atomic E-state index is 0.594. The maximum Gasteiger partial charge on any atom is 0.206 e. The summed E-state index contributed by atoms with van der Waals surface area (Å²) >= 11 is 0. The maximum atomic E-state index is 11.1. The van der Waals surface area contributed by atoms with Crippen molar-refractivity contribution in [3.63, 3.8) is 0 Å². The number of hydrogen-bond acceptors (Lipinski definition) is 5. The van der Waals surface area contributed by atoms with Gasteiger partial charge in [0.15, 0.2) is 0 Å². The molecule has 0 saturated carbocycles. The molecule has 142 valence electrons. The van der Waals surface area contributed by atoms with E-state index in [2.05, 4.69) is 18.7 Å². The van der Waals surface area contributed by atoms with Gasteiger partial charge < -0.3 is 9.64 Å². The number of anilines is 2. The van der Waals surface area contributed by atoms with E-state index in [1.807, 2.05) is 54.6 Å². The van der Waals surface area contributed by atoms with Gasteiger partial charge in [-0.1, -0.05) is 55.0 Å². The van der Waals surface area contributed by atoms with Crippen LogP contribution in [0.25, 0.3) is 0 Å². The van der Waals surface area contributed by atoms with E-state index in [0.29, 0.717) is 17.9 Å². The van der Waals surface area contributed by atoms with Crippen molar-refractivity contribution in [3.8, 4) is 5.75 Å². The maximum absolute atomic E-state index is 11.1. The smallest absolute Gasteiger partial charge is 0.206 e. The van der Waals surface area contributed by atoms with Crippen molar-refractivity contribution >= 4 is 22.2 Å². The molecule has 3 rings (SSSR count). The highest BCUT2D eigenvalue weighted by Gasteiger charge is 2.40. The SMILES string of the molecule is CCN(CC)CCCC1Oc2ccccc2N(c2ccccc2)S1(O)O. The van der Waals surface area contributed by atoms with E-state index in [1.54, 1.807) is 4.31 Å². The number of fused-ring (bicyclic) bond motifs is 1. The molecular formula is C20H28N2O3S. The van der Waals surface area contributed by atoms with Crippen LogP contribution in [0.3, 0.4) is 0 Å². The zero-order valence-corrected chi connectivity index (χ0v) is 16.2. The van der Waals surface area contributed by atoms with Crippen LogP contribution in [-0.4, -0.2) is 39.1 Å². The zero-order chi connectivity index (χ0) is 18.6. The Balaban J connectivity index is 1.87. The predicted octanol–water partition coefficient (Wildman–Crippen LogP) is 5.33. The van der Waals surface area contributed by atoms with Crippen molar-refractivity contribution in [2.45, 2.75) is 32.1 Å². The summed E-state index contributed by atoms with van der Waals surface area (Å²) in [4.78, 5) is 2.33. The van der Waals surface area contributed by atoms with Crippen LogP contribution >= 0.6 is 10.8 Å². The first-order valence-corrected chi connectivity index (χ1v) is 10.7. The molecule has 0 bridgehead atoms. The van der Waals surface area contributed by atoms with Crippen molar-refractivity contribution in [2.75, 3.05) is 23.9 Å². The first-order chi connectivity index (χ1) is 12.6. The fourth-order valence-electron chi connectivity index (χ4n) is 3.29. The molecule has 2 aromatic rings. The molecule has 0 amide bonds. The Kier molecular flexibility index (Phi) is 6.09. The Morgan fingerprint density at radius 3 is 2.35 bits per heavy atom. The summed E-state index contributed by atoms with van der Waals surface area (Å²) in [6, 6.07) is 17.0. The second-order valence-electron chi connectivity index (χ2n) is 6.38. The van der Waals surface area contributed by atoms with Gasteiger partial charge in [-0.3, -0.25) is 9.11 Å². The minimum atomic E-state index is -3.15. The summed E-state index contributed by atoms with van der Waals surface area (Å²) in [5.41, 5.74) is 0.809. The van der Waals surface area contributed by atoms with Gasteiger partial charge in [0.25, 0.3) is 0 Å². The fraction of sp³-hybridized carbons (Fsp3) is 0.400. The number of ether oxygens (including phenoxy) is 1. The van der Waals surface area contributed by atoms with Crippen LogP contribution in [0.15, 0.2) is 54.6 Å². The Labute approximate surface area is 157 Å². The van der Waals surface area contributed by atoms with Crippen LogP contribution in [0.4, 0.5) is 11.4 Å². The van der Waals surface area contributed by atoms with E-state index in [-0.39, 0.29) is 0 Å². The molecule has 0 spiro atoms. The minimum Gasteiger partial charge on any atom is -0.467 e. The standard InChI is InChI=1S/C20H28N2O3S/c1-3-21(4-2)16-10-15-20-25-19-14-9-8-13-18(19)22(26(20,23)24)17-11-6-5-7-12-17/h5-9,11-14,20,23-24H,3-4,10,15-16H2,1-2H3. The molecule has 1 aliphatic rings. The van der Waals surface area contributed by atoms with Gasteiger partial charge in [0.05, 0.1) is 5.69 Å². The highest BCUT2D eigenvalue weighted by Crippen LogP contribution is 2.61. The summed E-state index contributed by atoms with van der Waals surface area (Å²) < 4.78 is 29.9. The van der Waals surface area contributed by atoms with Gasteiger partial charge in [-0.15, -0.1) is 0 Å². The monoisotopic (exact) mass is 376 g/mol. The predicted molar refractivity (Wildman–Crippen MR) is 109 cm³/mol. The molecule has 0 fully saturated rings. The average molecular weight is 377 g/mol. The Bertz CT molecular complexity index is 707. The molecule has 2 N–H and O–H groups in total. The molecule has 1 aliphatic heterocycles. The number of benzene rings is 2. The van der Waals surface area contributed by atoms with Crippen molar-refractivity contribution < 1.29 is 13.8 Å². The van der Waals surface area contributed by atoms with Gasteiger partial charge in [-0.2, -0.15) is 0 Å². The summed E-state index contributed by atoms with van der Waals surface area (Å²) in [7, 11) is -3.15. The molecule has 6 heteroatoms. The van der Waals surface area contributed by atoms with Crippen LogP contribution in [0.1, 0.15) is 26.7 Å². The quantitative estimate of drug-likeness (QED) is 0.684. The van der Waals surface area contributed by atoms with Crippen LogP contribution in [-0.2, 0) is 0 Å². The van der Waals surface area contributed by atoms with Crippen molar-refractivity contribution in [1.29, 1.82) is 0 Å². The van der Waals surface area contributed by atoms with Gasteiger partial charge >= 0.3 is 0 Å². The van der Waals surface area contributed by atoms with Crippen molar-refractivity contribution in [2.24, 2.45) is 0 Å². The third-order valence-corrected chi connectivity index (χ3v) is 6.75. The molecule has 5 nitrogen and oxygen atoms in total. The zero-order valence-electron chi connectivity index (χ0n) is 15.4. The largest absolute Gasteiger partial charge is 0.467 e. The number of para-hydroxylation sites is 3. The van der Waals surface area contributed by atoms with Gasteiger partial charge in [0, 0.05) is 6.42 Å². The third-order valence-electron chi connectivity index (χ3n) is 4.76. The normalized spacial score (nSPS) is 19.7. The molecule has 2 aromatic carbocycles. The number of rotatable bonds is 7. The van der Waals surface area contributed by atoms with E-state index in [0.717, 1.165) is 31.7 Å². The highest BCUT2D eigenvalue weighted by molar-refractivity contribution is 8.26.